The standard InChI is InChI=1S/C23H19ClN2O5/c1-4-10-31-20-9-6-15(12-21(20)30-5-2)11-17-14(3)25-26(22(17)27)16-7-8-19(24)18(13-16)23(28)29/h1,6-9,11-13H,5,10H2,2-3H3,(H,28,29). The molecule has 0 radical (unpaired) electrons. The van der Waals surface area contributed by atoms with Gasteiger partial charge < -0.3 is 14.6 Å². The predicted octanol–water partition coefficient (Wildman–Crippen LogP) is 4.26. The van der Waals surface area contributed by atoms with Crippen molar-refractivity contribution in [2.45, 2.75) is 13.8 Å². The van der Waals surface area contributed by atoms with E-state index in [-0.39, 0.29) is 23.1 Å². The molecule has 0 spiro atoms. The van der Waals surface area contributed by atoms with E-state index in [2.05, 4.69) is 11.0 Å². The minimum absolute atomic E-state index is 0.0787. The molecule has 0 aliphatic carbocycles. The lowest BCUT2D eigenvalue weighted by Crippen LogP contribution is -2.21. The van der Waals surface area contributed by atoms with Crippen LogP contribution in [-0.2, 0) is 4.79 Å². The SMILES string of the molecule is C#CCOc1ccc(C=C2C(=O)N(c3ccc(Cl)c(C(=O)O)c3)N=C2C)cc1OCC. The lowest BCUT2D eigenvalue weighted by Gasteiger charge is -2.13. The molecule has 3 rings (SSSR count). The van der Waals surface area contributed by atoms with Crippen LogP contribution in [0.25, 0.3) is 6.08 Å². The summed E-state index contributed by atoms with van der Waals surface area (Å²) >= 11 is 5.92. The number of terminal acetylenes is 1. The van der Waals surface area contributed by atoms with Crippen LogP contribution in [-0.4, -0.2) is 35.9 Å². The van der Waals surface area contributed by atoms with Crippen molar-refractivity contribution in [3.8, 4) is 23.8 Å². The summed E-state index contributed by atoms with van der Waals surface area (Å²) in [7, 11) is 0. The fraction of sp³-hybridized carbons (Fsp3) is 0.174. The molecule has 1 amide bonds. The maximum Gasteiger partial charge on any atom is 0.337 e. The van der Waals surface area contributed by atoms with Crippen LogP contribution in [0.5, 0.6) is 11.5 Å². The molecular formula is C23H19ClN2O5. The minimum atomic E-state index is -1.19. The van der Waals surface area contributed by atoms with Gasteiger partial charge in [0.25, 0.3) is 5.91 Å². The minimum Gasteiger partial charge on any atom is -0.490 e. The van der Waals surface area contributed by atoms with Crippen LogP contribution in [0.4, 0.5) is 5.69 Å². The van der Waals surface area contributed by atoms with Crippen molar-refractivity contribution in [1.82, 2.24) is 0 Å². The van der Waals surface area contributed by atoms with Crippen molar-refractivity contribution in [1.29, 1.82) is 0 Å². The maximum atomic E-state index is 13.0. The fourth-order valence-corrected chi connectivity index (χ4v) is 3.15. The van der Waals surface area contributed by atoms with E-state index in [1.165, 1.54) is 18.2 Å². The third kappa shape index (κ3) is 4.71. The van der Waals surface area contributed by atoms with Crippen LogP contribution in [0.1, 0.15) is 29.8 Å². The Balaban J connectivity index is 1.93. The molecule has 0 saturated heterocycles. The van der Waals surface area contributed by atoms with Crippen molar-refractivity contribution in [2.75, 3.05) is 18.2 Å². The average molecular weight is 439 g/mol. The lowest BCUT2D eigenvalue weighted by atomic mass is 10.1. The van der Waals surface area contributed by atoms with Gasteiger partial charge in [0, 0.05) is 0 Å². The topological polar surface area (TPSA) is 88.4 Å². The molecule has 7 nitrogen and oxygen atoms in total. The highest BCUT2D eigenvalue weighted by atomic mass is 35.5. The molecule has 158 valence electrons. The molecule has 0 aromatic heterocycles. The first-order valence-electron chi connectivity index (χ1n) is 9.33. The second-order valence-corrected chi connectivity index (χ2v) is 6.87. The molecule has 31 heavy (non-hydrogen) atoms. The van der Waals surface area contributed by atoms with Gasteiger partial charge in [-0.25, -0.2) is 4.79 Å². The number of halogens is 1. The monoisotopic (exact) mass is 438 g/mol. The Labute approximate surface area is 184 Å². The van der Waals surface area contributed by atoms with Crippen molar-refractivity contribution in [2.24, 2.45) is 5.10 Å². The van der Waals surface area contributed by atoms with E-state index >= 15 is 0 Å². The third-order valence-electron chi connectivity index (χ3n) is 4.38. The van der Waals surface area contributed by atoms with E-state index in [0.29, 0.717) is 40.6 Å². The number of carbonyl (C=O) groups excluding carboxylic acids is 1. The Bertz CT molecular complexity index is 1150. The smallest absolute Gasteiger partial charge is 0.337 e. The summed E-state index contributed by atoms with van der Waals surface area (Å²) in [6.07, 6.45) is 6.93. The molecule has 0 fully saturated rings. The Morgan fingerprint density at radius 1 is 1.26 bits per heavy atom. The largest absolute Gasteiger partial charge is 0.490 e. The van der Waals surface area contributed by atoms with Crippen LogP contribution in [0.15, 0.2) is 47.1 Å². The van der Waals surface area contributed by atoms with Crippen molar-refractivity contribution in [3.63, 3.8) is 0 Å². The number of aromatic carboxylic acids is 1. The number of carboxylic acids is 1. The quantitative estimate of drug-likeness (QED) is 0.515. The van der Waals surface area contributed by atoms with E-state index < -0.39 is 5.97 Å². The summed E-state index contributed by atoms with van der Waals surface area (Å²) in [5, 5.41) is 14.8. The number of nitrogens with zero attached hydrogens (tertiary/aromatic N) is 2. The second-order valence-electron chi connectivity index (χ2n) is 6.46. The van der Waals surface area contributed by atoms with Gasteiger partial charge in [0.05, 0.1) is 34.2 Å². The van der Waals surface area contributed by atoms with Gasteiger partial charge in [0.15, 0.2) is 11.5 Å². The van der Waals surface area contributed by atoms with E-state index in [4.69, 9.17) is 27.5 Å². The number of hydrogen-bond acceptors (Lipinski definition) is 5. The van der Waals surface area contributed by atoms with Gasteiger partial charge in [0.1, 0.15) is 6.61 Å². The average Bonchev–Trinajstić information content (AvgIpc) is 3.02. The normalized spacial score (nSPS) is 14.4. The summed E-state index contributed by atoms with van der Waals surface area (Å²) in [4.78, 5) is 24.3. The van der Waals surface area contributed by atoms with Crippen LogP contribution in [0.2, 0.25) is 5.02 Å². The molecule has 0 bridgehead atoms. The fourth-order valence-electron chi connectivity index (χ4n) is 2.96. The number of carbonyl (C=O) groups is 2. The molecule has 0 atom stereocenters. The highest BCUT2D eigenvalue weighted by Crippen LogP contribution is 2.32. The van der Waals surface area contributed by atoms with Crippen molar-refractivity contribution < 1.29 is 24.2 Å². The number of rotatable bonds is 7. The number of benzene rings is 2. The lowest BCUT2D eigenvalue weighted by molar-refractivity contribution is -0.114. The van der Waals surface area contributed by atoms with Gasteiger partial charge in [0.2, 0.25) is 0 Å². The first kappa shape index (κ1) is 21.9. The Morgan fingerprint density at radius 2 is 2.03 bits per heavy atom. The van der Waals surface area contributed by atoms with E-state index in [1.807, 2.05) is 6.92 Å². The van der Waals surface area contributed by atoms with Crippen LogP contribution < -0.4 is 14.5 Å². The number of hydrazone groups is 1. The van der Waals surface area contributed by atoms with Crippen LogP contribution >= 0.6 is 11.6 Å². The number of anilines is 1. The first-order chi connectivity index (χ1) is 14.8. The van der Waals surface area contributed by atoms with Gasteiger partial charge in [-0.2, -0.15) is 10.1 Å². The molecular weight excluding hydrogens is 420 g/mol. The third-order valence-corrected chi connectivity index (χ3v) is 4.71. The Morgan fingerprint density at radius 3 is 2.71 bits per heavy atom. The molecule has 2 aromatic rings. The van der Waals surface area contributed by atoms with Crippen LogP contribution in [0, 0.1) is 12.3 Å². The van der Waals surface area contributed by atoms with Crippen molar-refractivity contribution >= 4 is 41.0 Å². The van der Waals surface area contributed by atoms with Gasteiger partial charge in [-0.1, -0.05) is 23.6 Å². The molecule has 2 aromatic carbocycles. The Hall–Kier alpha value is -3.76. The molecule has 0 saturated carbocycles. The van der Waals surface area contributed by atoms with Crippen LogP contribution in [0.3, 0.4) is 0 Å². The van der Waals surface area contributed by atoms with E-state index in [1.54, 1.807) is 31.2 Å². The molecule has 1 N–H and O–H groups in total. The zero-order chi connectivity index (χ0) is 22.5. The highest BCUT2D eigenvalue weighted by Gasteiger charge is 2.29. The van der Waals surface area contributed by atoms with Gasteiger partial charge >= 0.3 is 5.97 Å². The predicted molar refractivity (Wildman–Crippen MR) is 119 cm³/mol. The van der Waals surface area contributed by atoms with E-state index in [0.717, 1.165) is 5.01 Å². The zero-order valence-electron chi connectivity index (χ0n) is 16.9. The molecule has 8 heteroatoms. The first-order valence-corrected chi connectivity index (χ1v) is 9.71. The summed E-state index contributed by atoms with van der Waals surface area (Å²) in [5.41, 5.74) is 1.76. The van der Waals surface area contributed by atoms with Gasteiger partial charge in [-0.05, 0) is 55.8 Å². The second kappa shape index (κ2) is 9.37. The summed E-state index contributed by atoms with van der Waals surface area (Å²) in [6, 6.07) is 9.51. The molecule has 1 aliphatic heterocycles. The summed E-state index contributed by atoms with van der Waals surface area (Å²) in [5.74, 6) is 1.84. The number of carboxylic acid groups (broad SMARTS) is 1. The van der Waals surface area contributed by atoms with Crippen molar-refractivity contribution in [3.05, 3.63) is 58.1 Å². The number of ether oxygens (including phenoxy) is 2. The number of hydrogen-bond donors (Lipinski definition) is 1. The maximum absolute atomic E-state index is 13.0. The van der Waals surface area contributed by atoms with E-state index in [9.17, 15) is 14.7 Å². The number of amides is 1. The highest BCUT2D eigenvalue weighted by molar-refractivity contribution is 6.34. The molecule has 0 unspecified atom stereocenters. The Kier molecular flexibility index (Phi) is 6.63. The van der Waals surface area contributed by atoms with Gasteiger partial charge in [-0.15, -0.1) is 6.42 Å². The summed E-state index contributed by atoms with van der Waals surface area (Å²) in [6.45, 7) is 4.09. The van der Waals surface area contributed by atoms with Gasteiger partial charge in [-0.3, -0.25) is 4.79 Å². The zero-order valence-corrected chi connectivity index (χ0v) is 17.6. The summed E-state index contributed by atoms with van der Waals surface area (Å²) < 4.78 is 11.1. The molecule has 1 heterocycles. The molecule has 1 aliphatic rings.